The molecule has 5 nitrogen and oxygen atoms in total. The molecule has 0 fully saturated rings. The third-order valence-electron chi connectivity index (χ3n) is 1.47. The summed E-state index contributed by atoms with van der Waals surface area (Å²) in [6.45, 7) is 4.83. The first-order valence-electron chi connectivity index (χ1n) is 4.72. The summed E-state index contributed by atoms with van der Waals surface area (Å²) in [5.74, 6) is -1.86. The highest BCUT2D eigenvalue weighted by Crippen LogP contribution is 2.09. The molecule has 0 aliphatic rings. The van der Waals surface area contributed by atoms with Gasteiger partial charge in [0.25, 0.3) is 0 Å². The molecule has 0 aliphatic heterocycles. The van der Waals surface area contributed by atoms with Crippen molar-refractivity contribution in [1.29, 1.82) is 0 Å². The van der Waals surface area contributed by atoms with E-state index in [2.05, 4.69) is 9.47 Å². The molecule has 0 aromatic carbocycles. The lowest BCUT2D eigenvalue weighted by molar-refractivity contribution is -0.358. The van der Waals surface area contributed by atoms with Crippen molar-refractivity contribution in [3.05, 3.63) is 11.5 Å². The van der Waals surface area contributed by atoms with E-state index in [1.54, 1.807) is 13.8 Å². The maximum absolute atomic E-state index is 11.3. The van der Waals surface area contributed by atoms with Crippen LogP contribution in [0.2, 0.25) is 0 Å². The van der Waals surface area contributed by atoms with Gasteiger partial charge in [-0.1, -0.05) is 6.92 Å². The van der Waals surface area contributed by atoms with Gasteiger partial charge in [0.05, 0.1) is 18.1 Å². The molecule has 0 saturated heterocycles. The minimum Gasteiger partial charge on any atom is -0.613 e. The molecule has 86 valence electrons. The Morgan fingerprint density at radius 3 is 2.07 bits per heavy atom. The van der Waals surface area contributed by atoms with Crippen molar-refractivity contribution in [3.8, 4) is 0 Å². The minimum absolute atomic E-state index is 0.152. The molecule has 0 aromatic rings. The van der Waals surface area contributed by atoms with Crippen LogP contribution in [0.4, 0.5) is 0 Å². The highest BCUT2D eigenvalue weighted by Gasteiger charge is 2.14. The molecule has 0 aliphatic carbocycles. The van der Waals surface area contributed by atoms with E-state index in [4.69, 9.17) is 0 Å². The standard InChI is InChI=1S/C10H16O5/c1-4-14-9(12)8(6-7(3)11)10(13)15-5-2/h12H,4-6H2,1-3H3/p-1. The van der Waals surface area contributed by atoms with E-state index in [1.165, 1.54) is 6.92 Å². The molecule has 0 unspecified atom stereocenters. The van der Waals surface area contributed by atoms with Gasteiger partial charge < -0.3 is 14.6 Å². The van der Waals surface area contributed by atoms with Gasteiger partial charge in [-0.25, -0.2) is 4.79 Å². The second-order valence-electron chi connectivity index (χ2n) is 2.80. The van der Waals surface area contributed by atoms with Crippen LogP contribution in [-0.2, 0) is 19.1 Å². The zero-order chi connectivity index (χ0) is 11.8. The molecule has 15 heavy (non-hydrogen) atoms. The van der Waals surface area contributed by atoms with E-state index in [-0.39, 0.29) is 31.0 Å². The second-order valence-corrected chi connectivity index (χ2v) is 2.80. The largest absolute Gasteiger partial charge is 0.613 e. The van der Waals surface area contributed by atoms with E-state index in [0.29, 0.717) is 0 Å². The number of carbonyl (C=O) groups excluding carboxylic acids is 2. The smallest absolute Gasteiger partial charge is 0.336 e. The van der Waals surface area contributed by atoms with Gasteiger partial charge in [0.15, 0.2) is 0 Å². The molecule has 0 radical (unpaired) electrons. The Hall–Kier alpha value is -1.52. The monoisotopic (exact) mass is 215 g/mol. The van der Waals surface area contributed by atoms with Crippen LogP contribution in [0.5, 0.6) is 0 Å². The predicted molar refractivity (Wildman–Crippen MR) is 50.6 cm³/mol. The number of carbonyl (C=O) groups is 2. The van der Waals surface area contributed by atoms with Gasteiger partial charge in [-0.15, -0.1) is 0 Å². The average molecular weight is 215 g/mol. The van der Waals surface area contributed by atoms with Crippen LogP contribution in [0.15, 0.2) is 11.5 Å². The normalized spacial score (nSPS) is 11.7. The summed E-state index contributed by atoms with van der Waals surface area (Å²) in [6, 6.07) is 0. The number of Topliss-reactive ketones (excluding diaryl/α,β-unsaturated/α-hetero) is 1. The maximum Gasteiger partial charge on any atom is 0.336 e. The van der Waals surface area contributed by atoms with Gasteiger partial charge in [-0.05, 0) is 20.5 Å². The molecular weight excluding hydrogens is 200 g/mol. The third-order valence-corrected chi connectivity index (χ3v) is 1.47. The van der Waals surface area contributed by atoms with Gasteiger partial charge in [-0.2, -0.15) is 0 Å². The minimum atomic E-state index is -0.786. The molecule has 0 heterocycles. The maximum atomic E-state index is 11.3. The highest BCUT2D eigenvalue weighted by molar-refractivity contribution is 5.95. The van der Waals surface area contributed by atoms with E-state index < -0.39 is 11.9 Å². The number of esters is 1. The number of ketones is 1. The van der Waals surface area contributed by atoms with Gasteiger partial charge >= 0.3 is 5.97 Å². The average Bonchev–Trinajstić information content (AvgIpc) is 2.14. The predicted octanol–water partition coefficient (Wildman–Crippen LogP) is 0.137. The number of hydrogen-bond donors (Lipinski definition) is 0. The van der Waals surface area contributed by atoms with Gasteiger partial charge in [0, 0.05) is 6.42 Å². The summed E-state index contributed by atoms with van der Waals surface area (Å²) in [5.41, 5.74) is -0.244. The van der Waals surface area contributed by atoms with Crippen molar-refractivity contribution in [2.24, 2.45) is 0 Å². The van der Waals surface area contributed by atoms with Crippen molar-refractivity contribution >= 4 is 11.8 Å². The number of ether oxygens (including phenoxy) is 2. The molecule has 5 heteroatoms. The van der Waals surface area contributed by atoms with Crippen LogP contribution in [-0.4, -0.2) is 25.0 Å². The second kappa shape index (κ2) is 6.86. The van der Waals surface area contributed by atoms with Crippen molar-refractivity contribution in [2.75, 3.05) is 13.2 Å². The zero-order valence-corrected chi connectivity index (χ0v) is 9.16. The first-order valence-corrected chi connectivity index (χ1v) is 4.72. The first-order chi connectivity index (χ1) is 7.02. The molecule has 0 aromatic heterocycles. The van der Waals surface area contributed by atoms with Crippen molar-refractivity contribution in [1.82, 2.24) is 0 Å². The Labute approximate surface area is 88.7 Å². The van der Waals surface area contributed by atoms with Crippen molar-refractivity contribution in [2.45, 2.75) is 27.2 Å². The first kappa shape index (κ1) is 13.5. The SMILES string of the molecule is CCOC(=O)C(CC(C)=O)=C([O-])OCC. The Bertz CT molecular complexity index is 267. The van der Waals surface area contributed by atoms with Crippen LogP contribution in [0, 0.1) is 0 Å². The van der Waals surface area contributed by atoms with E-state index >= 15 is 0 Å². The highest BCUT2D eigenvalue weighted by atomic mass is 16.6. The Balaban J connectivity index is 4.78. The summed E-state index contributed by atoms with van der Waals surface area (Å²) in [4.78, 5) is 22.1. The Morgan fingerprint density at radius 2 is 1.67 bits per heavy atom. The van der Waals surface area contributed by atoms with Crippen molar-refractivity contribution in [3.63, 3.8) is 0 Å². The molecule has 0 amide bonds. The molecule has 0 spiro atoms. The van der Waals surface area contributed by atoms with Gasteiger partial charge in [0.1, 0.15) is 5.78 Å². The topological polar surface area (TPSA) is 75.7 Å². The molecule has 0 bridgehead atoms. The third kappa shape index (κ3) is 5.05. The number of rotatable bonds is 6. The summed E-state index contributed by atoms with van der Waals surface area (Å²) < 4.78 is 9.29. The molecule has 0 rings (SSSR count). The van der Waals surface area contributed by atoms with E-state index in [9.17, 15) is 14.7 Å². The van der Waals surface area contributed by atoms with E-state index in [1.807, 2.05) is 0 Å². The fourth-order valence-electron chi connectivity index (χ4n) is 0.913. The lowest BCUT2D eigenvalue weighted by Crippen LogP contribution is -2.20. The summed E-state index contributed by atoms with van der Waals surface area (Å²) in [5, 5.41) is 11.3. The quantitative estimate of drug-likeness (QED) is 0.358. The molecule has 0 atom stereocenters. The van der Waals surface area contributed by atoms with E-state index in [0.717, 1.165) is 0 Å². The Morgan fingerprint density at radius 1 is 1.13 bits per heavy atom. The summed E-state index contributed by atoms with van der Waals surface area (Å²) in [6.07, 6.45) is -0.252. The van der Waals surface area contributed by atoms with Crippen LogP contribution in [0.25, 0.3) is 0 Å². The molecular formula is C10H15O5-. The molecule has 0 N–H and O–H groups in total. The van der Waals surface area contributed by atoms with Crippen molar-refractivity contribution < 1.29 is 24.2 Å². The van der Waals surface area contributed by atoms with Crippen LogP contribution in [0.3, 0.4) is 0 Å². The fourth-order valence-corrected chi connectivity index (χ4v) is 0.913. The lowest BCUT2D eigenvalue weighted by Gasteiger charge is -2.17. The van der Waals surface area contributed by atoms with Gasteiger partial charge in [0.2, 0.25) is 0 Å². The lowest BCUT2D eigenvalue weighted by atomic mass is 10.1. The summed E-state index contributed by atoms with van der Waals surface area (Å²) >= 11 is 0. The molecule has 0 saturated carbocycles. The zero-order valence-electron chi connectivity index (χ0n) is 9.16. The van der Waals surface area contributed by atoms with Crippen LogP contribution < -0.4 is 5.11 Å². The van der Waals surface area contributed by atoms with Crippen LogP contribution >= 0.6 is 0 Å². The number of hydrogen-bond acceptors (Lipinski definition) is 5. The Kier molecular flexibility index (Phi) is 6.17. The van der Waals surface area contributed by atoms with Crippen LogP contribution in [0.1, 0.15) is 27.2 Å². The fraction of sp³-hybridized carbons (Fsp3) is 0.600. The summed E-state index contributed by atoms with van der Waals surface area (Å²) in [7, 11) is 0. The van der Waals surface area contributed by atoms with Gasteiger partial charge in [-0.3, -0.25) is 4.79 Å².